The van der Waals surface area contributed by atoms with E-state index >= 15 is 0 Å². The zero-order chi connectivity index (χ0) is 19.3. The Kier molecular flexibility index (Phi) is 6.80. The molecule has 0 saturated carbocycles. The molecule has 1 aromatic heterocycles. The summed E-state index contributed by atoms with van der Waals surface area (Å²) in [5, 5.41) is 9.33. The highest BCUT2D eigenvalue weighted by atomic mass is 16.5. The van der Waals surface area contributed by atoms with Crippen LogP contribution in [-0.4, -0.2) is 45.1 Å². The van der Waals surface area contributed by atoms with E-state index in [2.05, 4.69) is 23.8 Å². The number of rotatable bonds is 8. The third-order valence-corrected chi connectivity index (χ3v) is 4.24. The zero-order valence-corrected chi connectivity index (χ0v) is 16.2. The Morgan fingerprint density at radius 3 is 2.62 bits per heavy atom. The van der Waals surface area contributed by atoms with Crippen molar-refractivity contribution in [2.45, 2.75) is 53.2 Å². The number of hydrogen-bond donors (Lipinski definition) is 2. The van der Waals surface area contributed by atoms with E-state index in [0.29, 0.717) is 12.5 Å². The smallest absolute Gasteiger partial charge is 0.263 e. The van der Waals surface area contributed by atoms with Gasteiger partial charge in [0, 0.05) is 6.54 Å². The number of aromatic amines is 1. The zero-order valence-electron chi connectivity index (χ0n) is 16.2. The van der Waals surface area contributed by atoms with Gasteiger partial charge in [-0.25, -0.2) is 4.98 Å². The predicted octanol–water partition coefficient (Wildman–Crippen LogP) is 2.94. The molecule has 2 N–H and O–H groups in total. The highest BCUT2D eigenvalue weighted by molar-refractivity contribution is 5.81. The minimum absolute atomic E-state index is 0.104. The number of carbonyl (C=O) groups is 1. The topological polar surface area (TPSA) is 78.4 Å². The number of aliphatic hydroxyl groups is 1. The second-order valence-electron chi connectivity index (χ2n) is 6.93. The number of amides is 1. The molecule has 2 rings (SSSR count). The van der Waals surface area contributed by atoms with Gasteiger partial charge < -0.3 is 19.7 Å². The maximum Gasteiger partial charge on any atom is 0.263 e. The molecule has 0 radical (unpaired) electrons. The first-order valence-electron chi connectivity index (χ1n) is 8.99. The molecule has 0 saturated heterocycles. The van der Waals surface area contributed by atoms with Crippen LogP contribution in [0.4, 0.5) is 0 Å². The fourth-order valence-corrected chi connectivity index (χ4v) is 2.86. The number of imidazole rings is 1. The van der Waals surface area contributed by atoms with Crippen molar-refractivity contribution in [2.75, 3.05) is 13.2 Å². The molecule has 0 bridgehead atoms. The molecule has 0 aliphatic heterocycles. The summed E-state index contributed by atoms with van der Waals surface area (Å²) in [5.74, 6) is 1.67. The van der Waals surface area contributed by atoms with Gasteiger partial charge in [-0.3, -0.25) is 4.79 Å². The van der Waals surface area contributed by atoms with Crippen LogP contribution in [0.5, 0.6) is 5.75 Å². The summed E-state index contributed by atoms with van der Waals surface area (Å²) in [6, 6.07) is 6.06. The quantitative estimate of drug-likeness (QED) is 0.760. The molecule has 0 aliphatic rings. The number of aryl methyl sites for hydroxylation is 2. The van der Waals surface area contributed by atoms with Crippen molar-refractivity contribution in [3.05, 3.63) is 47.0 Å². The molecule has 0 fully saturated rings. The first-order chi connectivity index (χ1) is 12.3. The Morgan fingerprint density at radius 1 is 1.31 bits per heavy atom. The summed E-state index contributed by atoms with van der Waals surface area (Å²) in [5.41, 5.74) is 2.99. The van der Waals surface area contributed by atoms with Crippen molar-refractivity contribution in [2.24, 2.45) is 0 Å². The summed E-state index contributed by atoms with van der Waals surface area (Å²) >= 11 is 0. The van der Waals surface area contributed by atoms with E-state index in [1.807, 2.05) is 32.0 Å². The summed E-state index contributed by atoms with van der Waals surface area (Å²) in [4.78, 5) is 21.7. The maximum atomic E-state index is 12.9. The van der Waals surface area contributed by atoms with Crippen molar-refractivity contribution in [1.29, 1.82) is 0 Å². The lowest BCUT2D eigenvalue weighted by atomic mass is 10.0. The van der Waals surface area contributed by atoms with Gasteiger partial charge >= 0.3 is 0 Å². The summed E-state index contributed by atoms with van der Waals surface area (Å²) < 4.78 is 6.02. The fraction of sp³-hybridized carbons (Fsp3) is 0.500. The van der Waals surface area contributed by atoms with Gasteiger partial charge in [-0.1, -0.05) is 26.0 Å². The van der Waals surface area contributed by atoms with Crippen LogP contribution in [-0.2, 0) is 11.3 Å². The largest absolute Gasteiger partial charge is 0.481 e. The van der Waals surface area contributed by atoms with Crippen LogP contribution in [0.15, 0.2) is 24.4 Å². The van der Waals surface area contributed by atoms with Gasteiger partial charge in [-0.2, -0.15) is 0 Å². The number of H-pyrrole nitrogens is 1. The minimum atomic E-state index is -0.648. The van der Waals surface area contributed by atoms with E-state index in [1.165, 1.54) is 0 Å². The van der Waals surface area contributed by atoms with Crippen LogP contribution in [0.1, 0.15) is 49.3 Å². The SMILES string of the molecule is Cc1ccc(C(C)C)c(OC(C)C(=O)N(CCO)Cc2cnc(C)[nH]2)c1. The molecule has 1 aromatic carbocycles. The van der Waals surface area contributed by atoms with Gasteiger partial charge in [0.15, 0.2) is 6.10 Å². The molecule has 26 heavy (non-hydrogen) atoms. The summed E-state index contributed by atoms with van der Waals surface area (Å²) in [7, 11) is 0. The molecule has 0 aliphatic carbocycles. The van der Waals surface area contributed by atoms with Gasteiger partial charge in [0.2, 0.25) is 0 Å². The molecular weight excluding hydrogens is 330 g/mol. The molecule has 6 nitrogen and oxygen atoms in total. The van der Waals surface area contributed by atoms with Crippen LogP contribution >= 0.6 is 0 Å². The first kappa shape index (κ1) is 20.0. The average molecular weight is 359 g/mol. The van der Waals surface area contributed by atoms with Gasteiger partial charge in [0.25, 0.3) is 5.91 Å². The Morgan fingerprint density at radius 2 is 2.04 bits per heavy atom. The van der Waals surface area contributed by atoms with Gasteiger partial charge in [0.1, 0.15) is 11.6 Å². The van der Waals surface area contributed by atoms with E-state index in [-0.39, 0.29) is 19.1 Å². The van der Waals surface area contributed by atoms with E-state index in [0.717, 1.165) is 28.4 Å². The lowest BCUT2D eigenvalue weighted by molar-refractivity contribution is -0.139. The van der Waals surface area contributed by atoms with Crippen molar-refractivity contribution >= 4 is 5.91 Å². The molecule has 1 heterocycles. The highest BCUT2D eigenvalue weighted by Crippen LogP contribution is 2.28. The Balaban J connectivity index is 2.14. The number of carbonyl (C=O) groups excluding carboxylic acids is 1. The molecule has 1 unspecified atom stereocenters. The van der Waals surface area contributed by atoms with Crippen LogP contribution in [0.2, 0.25) is 0 Å². The second-order valence-corrected chi connectivity index (χ2v) is 6.93. The number of benzene rings is 1. The number of nitrogens with zero attached hydrogens (tertiary/aromatic N) is 2. The molecule has 1 amide bonds. The van der Waals surface area contributed by atoms with Crippen molar-refractivity contribution < 1.29 is 14.6 Å². The minimum Gasteiger partial charge on any atom is -0.481 e. The summed E-state index contributed by atoms with van der Waals surface area (Å²) in [6.07, 6.45) is 1.06. The van der Waals surface area contributed by atoms with Crippen LogP contribution in [0.3, 0.4) is 0 Å². The van der Waals surface area contributed by atoms with Crippen molar-refractivity contribution in [1.82, 2.24) is 14.9 Å². The van der Waals surface area contributed by atoms with E-state index < -0.39 is 6.10 Å². The normalized spacial score (nSPS) is 12.3. The van der Waals surface area contributed by atoms with Crippen LogP contribution < -0.4 is 4.74 Å². The lowest BCUT2D eigenvalue weighted by Gasteiger charge is -2.26. The molecule has 0 spiro atoms. The van der Waals surface area contributed by atoms with E-state index in [9.17, 15) is 9.90 Å². The molecule has 142 valence electrons. The highest BCUT2D eigenvalue weighted by Gasteiger charge is 2.24. The second kappa shape index (κ2) is 8.85. The number of ether oxygens (including phenoxy) is 1. The molecule has 6 heteroatoms. The third kappa shape index (κ3) is 5.08. The number of nitrogens with one attached hydrogen (secondary N) is 1. The molecule has 1 atom stereocenters. The summed E-state index contributed by atoms with van der Waals surface area (Å²) in [6.45, 7) is 10.3. The first-order valence-corrected chi connectivity index (χ1v) is 8.99. The van der Waals surface area contributed by atoms with Gasteiger partial charge in [-0.05, 0) is 43.9 Å². The Bertz CT molecular complexity index is 740. The fourth-order valence-electron chi connectivity index (χ4n) is 2.86. The lowest BCUT2D eigenvalue weighted by Crippen LogP contribution is -2.41. The van der Waals surface area contributed by atoms with Gasteiger partial charge in [0.05, 0.1) is 25.0 Å². The van der Waals surface area contributed by atoms with Crippen LogP contribution in [0.25, 0.3) is 0 Å². The number of aromatic nitrogens is 2. The van der Waals surface area contributed by atoms with Crippen LogP contribution in [0, 0.1) is 13.8 Å². The maximum absolute atomic E-state index is 12.9. The third-order valence-electron chi connectivity index (χ3n) is 4.24. The number of aliphatic hydroxyl groups excluding tert-OH is 1. The standard InChI is InChI=1S/C20H29N3O3/c1-13(2)18-7-6-14(3)10-19(18)26-15(4)20(25)23(8-9-24)12-17-11-21-16(5)22-17/h6-7,10-11,13,15,24H,8-9,12H2,1-5H3,(H,21,22). The van der Waals surface area contributed by atoms with Gasteiger partial charge in [-0.15, -0.1) is 0 Å². The molecular formula is C20H29N3O3. The Hall–Kier alpha value is -2.34. The van der Waals surface area contributed by atoms with E-state index in [4.69, 9.17) is 4.74 Å². The predicted molar refractivity (Wildman–Crippen MR) is 101 cm³/mol. The number of hydrogen-bond acceptors (Lipinski definition) is 4. The van der Waals surface area contributed by atoms with E-state index in [1.54, 1.807) is 18.0 Å². The monoisotopic (exact) mass is 359 g/mol. The van der Waals surface area contributed by atoms with Crippen molar-refractivity contribution in [3.8, 4) is 5.75 Å². The average Bonchev–Trinajstić information content (AvgIpc) is 2.98. The van der Waals surface area contributed by atoms with Crippen molar-refractivity contribution in [3.63, 3.8) is 0 Å². The Labute approximate surface area is 155 Å². The molecule has 2 aromatic rings.